The first-order valence-electron chi connectivity index (χ1n) is 19.3. The van der Waals surface area contributed by atoms with Crippen molar-refractivity contribution in [2.45, 2.75) is 167 Å². The van der Waals surface area contributed by atoms with Crippen molar-refractivity contribution in [2.24, 2.45) is 34.8 Å². The second-order valence-electron chi connectivity index (χ2n) is 12.1. The molecule has 4 N–H and O–H groups in total. The van der Waals surface area contributed by atoms with Crippen molar-refractivity contribution in [3.8, 4) is 0 Å². The first-order valence-corrected chi connectivity index (χ1v) is 19.3. The molecule has 0 aromatic carbocycles. The Labute approximate surface area is 309 Å². The van der Waals surface area contributed by atoms with Crippen molar-refractivity contribution in [1.82, 2.24) is 10.6 Å². The van der Waals surface area contributed by atoms with E-state index in [1.54, 1.807) is 6.08 Å². The monoisotopic (exact) mass is 682 g/mol. The molecule has 0 saturated heterocycles. The Morgan fingerprint density at radius 1 is 0.875 bits per heavy atom. The number of hydrogen-bond acceptors (Lipinski definition) is 3. The highest BCUT2D eigenvalue weighted by Crippen LogP contribution is 2.38. The van der Waals surface area contributed by atoms with Gasteiger partial charge in [-0.05, 0) is 102 Å². The molecule has 0 amide bonds. The van der Waals surface area contributed by atoms with Gasteiger partial charge in [-0.1, -0.05) is 141 Å². The molecule has 294 valence electrons. The zero-order chi connectivity index (χ0) is 40.4. The highest BCUT2D eigenvalue weighted by atomic mass is 14.9. The average Bonchev–Trinajstić information content (AvgIpc) is 3.96. The SMILES string of the molecule is C=C.C=C.C=C=CCC(C)C1CC1.C=CC.C=CCC(C)(C)C(NC)C(CC)CCCC.CC.CCC.CCC(C)C.CCNC.CN. The standard InChI is InChI=1S/C15H31N.C9H14.C5H12.C3H9N.C3H8.C3H6.C2H6.2C2H4.CH5N/c1-7-10-11-13(9-3)14(16-6)15(4,5)12-8-2;1-3-4-5-8(2)9-6-7-9;1-4-5(2)3;1-3-4-2;2*1-3-2;4*1-2/h8,13-14,16H,2,7,9-12H2,1,3-6H3;4,8-9H,1,5-7H2,2H3;5H,4H2,1-3H3;4H,3H2,1-2H3;3H2,1-2H3;3H,1H2,2H3;1-2H3;2*1-2H2;2H2,1H3. The summed E-state index contributed by atoms with van der Waals surface area (Å²) in [7, 11) is 5.53. The predicted octanol–water partition coefficient (Wildman–Crippen LogP) is 14.2. The third-order valence-corrected chi connectivity index (χ3v) is 6.98. The van der Waals surface area contributed by atoms with Crippen LogP contribution in [-0.4, -0.2) is 33.7 Å². The lowest BCUT2D eigenvalue weighted by molar-refractivity contribution is 0.170. The van der Waals surface area contributed by atoms with Crippen LogP contribution in [0.5, 0.6) is 0 Å². The largest absolute Gasteiger partial charge is 0.333 e. The molecule has 0 bridgehead atoms. The minimum Gasteiger partial charge on any atom is -0.333 e. The molecule has 1 aliphatic rings. The third kappa shape index (κ3) is 70.6. The van der Waals surface area contributed by atoms with Crippen molar-refractivity contribution >= 4 is 0 Å². The Kier molecular flexibility index (Phi) is 96.1. The summed E-state index contributed by atoms with van der Waals surface area (Å²) in [6, 6.07) is 0.599. The summed E-state index contributed by atoms with van der Waals surface area (Å²) in [5.74, 6) is 3.57. The Balaban J connectivity index is -0.0000000578. The average molecular weight is 682 g/mol. The van der Waals surface area contributed by atoms with E-state index in [4.69, 9.17) is 0 Å². The topological polar surface area (TPSA) is 50.1 Å². The highest BCUT2D eigenvalue weighted by molar-refractivity contribution is 4.92. The lowest BCUT2D eigenvalue weighted by Gasteiger charge is -2.39. The molecular formula is C45H99N3. The van der Waals surface area contributed by atoms with Gasteiger partial charge in [-0.3, -0.25) is 0 Å². The molecule has 1 aliphatic carbocycles. The molecule has 48 heavy (non-hydrogen) atoms. The maximum Gasteiger partial charge on any atom is 0.0146 e. The van der Waals surface area contributed by atoms with E-state index in [0.717, 1.165) is 36.6 Å². The molecule has 3 nitrogen and oxygen atoms in total. The van der Waals surface area contributed by atoms with Gasteiger partial charge in [-0.2, -0.15) is 0 Å². The second kappa shape index (κ2) is 67.5. The fraction of sp³-hybridized carbons (Fsp3) is 0.756. The molecule has 0 spiro atoms. The van der Waals surface area contributed by atoms with E-state index in [1.807, 2.05) is 33.9 Å². The minimum absolute atomic E-state index is 0.310. The van der Waals surface area contributed by atoms with Crippen LogP contribution >= 0.6 is 0 Å². The molecular weight excluding hydrogens is 583 g/mol. The van der Waals surface area contributed by atoms with Gasteiger partial charge in [0.15, 0.2) is 0 Å². The molecule has 1 rings (SSSR count). The second-order valence-corrected chi connectivity index (χ2v) is 12.1. The van der Waals surface area contributed by atoms with Crippen LogP contribution in [0.25, 0.3) is 0 Å². The van der Waals surface area contributed by atoms with Crippen LogP contribution in [0.4, 0.5) is 0 Å². The lowest BCUT2D eigenvalue weighted by Crippen LogP contribution is -2.45. The number of rotatable bonds is 14. The molecule has 3 atom stereocenters. The van der Waals surface area contributed by atoms with Gasteiger partial charge in [0.05, 0.1) is 0 Å². The highest BCUT2D eigenvalue weighted by Gasteiger charge is 2.32. The predicted molar refractivity (Wildman–Crippen MR) is 235 cm³/mol. The number of allylic oxidation sites excluding steroid dienone is 3. The van der Waals surface area contributed by atoms with E-state index in [2.05, 4.69) is 157 Å². The number of nitrogens with two attached hydrogens (primary N) is 1. The van der Waals surface area contributed by atoms with Crippen LogP contribution in [0.15, 0.2) is 70.0 Å². The van der Waals surface area contributed by atoms with Crippen molar-refractivity contribution in [2.75, 3.05) is 27.7 Å². The summed E-state index contributed by atoms with van der Waals surface area (Å²) in [5, 5.41) is 6.47. The maximum atomic E-state index is 4.50. The van der Waals surface area contributed by atoms with Crippen molar-refractivity contribution in [3.63, 3.8) is 0 Å². The molecule has 1 saturated carbocycles. The van der Waals surface area contributed by atoms with Crippen LogP contribution in [0.2, 0.25) is 0 Å². The van der Waals surface area contributed by atoms with Crippen LogP contribution in [-0.2, 0) is 0 Å². The van der Waals surface area contributed by atoms with Crippen molar-refractivity contribution in [3.05, 3.63) is 70.0 Å². The van der Waals surface area contributed by atoms with Gasteiger partial charge in [0.2, 0.25) is 0 Å². The van der Waals surface area contributed by atoms with E-state index in [0.29, 0.717) is 11.5 Å². The fourth-order valence-corrected chi connectivity index (χ4v) is 3.96. The van der Waals surface area contributed by atoms with E-state index in [1.165, 1.54) is 64.8 Å². The lowest BCUT2D eigenvalue weighted by atomic mass is 9.73. The van der Waals surface area contributed by atoms with Gasteiger partial charge < -0.3 is 16.4 Å². The summed E-state index contributed by atoms with van der Waals surface area (Å²) in [5.41, 5.74) is 7.62. The van der Waals surface area contributed by atoms with Crippen LogP contribution in [0.3, 0.4) is 0 Å². The van der Waals surface area contributed by atoms with Gasteiger partial charge in [0, 0.05) is 6.04 Å². The molecule has 1 fully saturated rings. The van der Waals surface area contributed by atoms with Crippen molar-refractivity contribution < 1.29 is 0 Å². The Bertz CT molecular complexity index is 553. The first-order chi connectivity index (χ1) is 22.9. The summed E-state index contributed by atoms with van der Waals surface area (Å²) in [6.45, 7) is 54.3. The van der Waals surface area contributed by atoms with Gasteiger partial charge >= 0.3 is 0 Å². The molecule has 0 heterocycles. The number of hydrogen-bond donors (Lipinski definition) is 3. The summed E-state index contributed by atoms with van der Waals surface area (Å²) in [6.07, 6.45) is 18.8. The van der Waals surface area contributed by atoms with Crippen LogP contribution in [0.1, 0.15) is 161 Å². The number of nitrogens with one attached hydrogen (secondary N) is 2. The van der Waals surface area contributed by atoms with E-state index < -0.39 is 0 Å². The zero-order valence-electron chi connectivity index (χ0n) is 36.9. The summed E-state index contributed by atoms with van der Waals surface area (Å²) < 4.78 is 0. The number of unbranched alkanes of at least 4 members (excludes halogenated alkanes) is 1. The van der Waals surface area contributed by atoms with Gasteiger partial charge in [-0.15, -0.1) is 45.2 Å². The molecule has 0 aromatic heterocycles. The minimum atomic E-state index is 0.310. The van der Waals surface area contributed by atoms with Crippen molar-refractivity contribution in [1.29, 1.82) is 0 Å². The van der Waals surface area contributed by atoms with Gasteiger partial charge in [0.1, 0.15) is 0 Å². The Morgan fingerprint density at radius 2 is 1.25 bits per heavy atom. The molecule has 0 aliphatic heterocycles. The Hall–Kier alpha value is -1.64. The van der Waals surface area contributed by atoms with Crippen LogP contribution in [0, 0.1) is 29.1 Å². The zero-order valence-corrected chi connectivity index (χ0v) is 36.9. The van der Waals surface area contributed by atoms with E-state index >= 15 is 0 Å². The fourth-order valence-electron chi connectivity index (χ4n) is 3.96. The smallest absolute Gasteiger partial charge is 0.0146 e. The summed E-state index contributed by atoms with van der Waals surface area (Å²) >= 11 is 0. The van der Waals surface area contributed by atoms with Gasteiger partial charge in [-0.25, -0.2) is 0 Å². The molecule has 3 heteroatoms. The summed E-state index contributed by atoms with van der Waals surface area (Å²) in [4.78, 5) is 0. The van der Waals surface area contributed by atoms with E-state index in [9.17, 15) is 0 Å². The molecule has 3 unspecified atom stereocenters. The van der Waals surface area contributed by atoms with Gasteiger partial charge in [0.25, 0.3) is 0 Å². The third-order valence-electron chi connectivity index (χ3n) is 6.98. The quantitative estimate of drug-likeness (QED) is 0.126. The molecule has 0 aromatic rings. The first kappa shape index (κ1) is 68.3. The Morgan fingerprint density at radius 3 is 1.46 bits per heavy atom. The normalized spacial score (nSPS) is 11.8. The maximum absolute atomic E-state index is 4.50. The van der Waals surface area contributed by atoms with Crippen LogP contribution < -0.4 is 16.4 Å². The van der Waals surface area contributed by atoms with E-state index in [-0.39, 0.29) is 0 Å². The molecule has 0 radical (unpaired) electrons.